The van der Waals surface area contributed by atoms with Crippen LogP contribution in [0.3, 0.4) is 0 Å². The van der Waals surface area contributed by atoms with E-state index in [0.717, 1.165) is 6.54 Å². The molecule has 3 nitrogen and oxygen atoms in total. The van der Waals surface area contributed by atoms with Gasteiger partial charge >= 0.3 is 6.15 Å². The fourth-order valence-electron chi connectivity index (χ4n) is 1.87. The molecule has 0 aliphatic heterocycles. The van der Waals surface area contributed by atoms with Crippen molar-refractivity contribution in [3.63, 3.8) is 0 Å². The van der Waals surface area contributed by atoms with E-state index in [2.05, 4.69) is 52.0 Å². The molecule has 0 aromatic heterocycles. The van der Waals surface area contributed by atoms with Crippen molar-refractivity contribution < 1.29 is 9.59 Å². The van der Waals surface area contributed by atoms with Crippen LogP contribution in [0.25, 0.3) is 0 Å². The fourth-order valence-corrected chi connectivity index (χ4v) is 1.87. The maximum atomic E-state index is 8.12. The van der Waals surface area contributed by atoms with Crippen molar-refractivity contribution in [3.05, 3.63) is 35.4 Å². The first-order valence-corrected chi connectivity index (χ1v) is 6.60. The number of carbonyl (C=O) groups excluding carboxylic acids is 2. The summed E-state index contributed by atoms with van der Waals surface area (Å²) in [5.74, 6) is 0.514. The van der Waals surface area contributed by atoms with Gasteiger partial charge in [-0.1, -0.05) is 58.0 Å². The van der Waals surface area contributed by atoms with E-state index in [4.69, 9.17) is 15.3 Å². The van der Waals surface area contributed by atoms with E-state index in [1.165, 1.54) is 24.0 Å². The Morgan fingerprint density at radius 2 is 1.57 bits per heavy atom. The minimum absolute atomic E-state index is 0. The Morgan fingerprint density at radius 3 is 1.90 bits per heavy atom. The number of hydrogen-bond donors (Lipinski definition) is 1. The van der Waals surface area contributed by atoms with Crippen molar-refractivity contribution in [2.24, 2.45) is 11.1 Å². The highest BCUT2D eigenvalue weighted by Gasteiger charge is 2.15. The summed E-state index contributed by atoms with van der Waals surface area (Å²) in [5.41, 5.74) is 8.97. The van der Waals surface area contributed by atoms with Gasteiger partial charge in [-0.2, -0.15) is 9.59 Å². The lowest BCUT2D eigenvalue weighted by Crippen LogP contribution is -2.15. The second kappa shape index (κ2) is 12.6. The highest BCUT2D eigenvalue weighted by atomic mass is 35.5. The van der Waals surface area contributed by atoms with E-state index >= 15 is 0 Å². The zero-order valence-electron chi connectivity index (χ0n) is 12.8. The summed E-state index contributed by atoms with van der Waals surface area (Å²) in [6.07, 6.45) is 2.66. The third-order valence-corrected chi connectivity index (χ3v) is 3.08. The summed E-state index contributed by atoms with van der Waals surface area (Å²) in [6.45, 7) is 9.73. The van der Waals surface area contributed by atoms with Crippen LogP contribution in [0.4, 0.5) is 0 Å². The summed E-state index contributed by atoms with van der Waals surface area (Å²) in [6, 6.07) is 8.79. The molecular weight excluding hydrogens is 286 g/mol. The Hall–Kier alpha value is -1.15. The van der Waals surface area contributed by atoms with Gasteiger partial charge in [0.2, 0.25) is 0 Å². The van der Waals surface area contributed by atoms with Crippen LogP contribution in [0.15, 0.2) is 24.3 Å². The standard InChI is InChI=1S/C15H25N.CO2.CH4.ClH/c1-12-5-7-13(8-6-12)14(11-16)9-10-15(2,3)4;2-1-3;;/h5-8,14H,9-11,16H2,1-4H3;;1H4;1H. The quantitative estimate of drug-likeness (QED) is 0.899. The lowest BCUT2D eigenvalue weighted by Gasteiger charge is -2.22. The summed E-state index contributed by atoms with van der Waals surface area (Å²) in [4.78, 5) is 16.2. The van der Waals surface area contributed by atoms with E-state index in [-0.39, 0.29) is 26.0 Å². The predicted molar refractivity (Wildman–Crippen MR) is 90.6 cm³/mol. The Balaban J connectivity index is -0.000000596. The minimum atomic E-state index is 0. The molecular formula is C17H30ClNO2. The van der Waals surface area contributed by atoms with E-state index < -0.39 is 0 Å². The molecule has 0 heterocycles. The zero-order chi connectivity index (χ0) is 14.9. The second-order valence-electron chi connectivity index (χ2n) is 6.03. The van der Waals surface area contributed by atoms with Crippen LogP contribution in [-0.4, -0.2) is 12.7 Å². The van der Waals surface area contributed by atoms with Crippen molar-refractivity contribution in [1.29, 1.82) is 0 Å². The van der Waals surface area contributed by atoms with Crippen LogP contribution in [-0.2, 0) is 9.59 Å². The Labute approximate surface area is 135 Å². The highest BCUT2D eigenvalue weighted by Crippen LogP contribution is 2.28. The van der Waals surface area contributed by atoms with E-state index in [1.807, 2.05) is 0 Å². The molecule has 4 heteroatoms. The Kier molecular flexibility index (Phi) is 14.9. The van der Waals surface area contributed by atoms with Crippen molar-refractivity contribution in [2.45, 2.75) is 53.9 Å². The lowest BCUT2D eigenvalue weighted by molar-refractivity contribution is -0.191. The molecule has 21 heavy (non-hydrogen) atoms. The van der Waals surface area contributed by atoms with Gasteiger partial charge in [0.05, 0.1) is 0 Å². The number of rotatable bonds is 4. The second-order valence-corrected chi connectivity index (χ2v) is 6.03. The monoisotopic (exact) mass is 315 g/mol. The molecule has 0 saturated heterocycles. The smallest absolute Gasteiger partial charge is 0.330 e. The summed E-state index contributed by atoms with van der Waals surface area (Å²) < 4.78 is 0. The minimum Gasteiger partial charge on any atom is -0.330 e. The van der Waals surface area contributed by atoms with Crippen molar-refractivity contribution in [2.75, 3.05) is 6.54 Å². The normalized spacial score (nSPS) is 10.9. The molecule has 0 spiro atoms. The van der Waals surface area contributed by atoms with Crippen molar-refractivity contribution in [1.82, 2.24) is 0 Å². The Bertz CT molecular complexity index is 390. The Morgan fingerprint density at radius 1 is 1.14 bits per heavy atom. The average molecular weight is 316 g/mol. The largest absolute Gasteiger partial charge is 0.373 e. The molecule has 0 aliphatic carbocycles. The van der Waals surface area contributed by atoms with Crippen LogP contribution in [0.1, 0.15) is 58.1 Å². The van der Waals surface area contributed by atoms with Crippen LogP contribution in [0.5, 0.6) is 0 Å². The molecule has 1 unspecified atom stereocenters. The third-order valence-electron chi connectivity index (χ3n) is 3.08. The molecule has 0 bridgehead atoms. The topological polar surface area (TPSA) is 60.2 Å². The fraction of sp³-hybridized carbons (Fsp3) is 0.588. The summed E-state index contributed by atoms with van der Waals surface area (Å²) in [5, 5.41) is 0. The van der Waals surface area contributed by atoms with Gasteiger partial charge in [0, 0.05) is 0 Å². The molecule has 1 aromatic rings. The molecule has 2 N–H and O–H groups in total. The molecule has 1 atom stereocenters. The van der Waals surface area contributed by atoms with Crippen molar-refractivity contribution >= 4 is 18.6 Å². The van der Waals surface area contributed by atoms with Gasteiger partial charge in [0.1, 0.15) is 0 Å². The van der Waals surface area contributed by atoms with Gasteiger partial charge in [0.25, 0.3) is 0 Å². The molecule has 1 rings (SSSR count). The number of hydrogen-bond acceptors (Lipinski definition) is 3. The summed E-state index contributed by atoms with van der Waals surface area (Å²) >= 11 is 0. The molecule has 122 valence electrons. The average Bonchev–Trinajstić information content (AvgIpc) is 2.32. The van der Waals surface area contributed by atoms with Crippen LogP contribution >= 0.6 is 12.4 Å². The van der Waals surface area contributed by atoms with Crippen LogP contribution in [0.2, 0.25) is 0 Å². The van der Waals surface area contributed by atoms with Gasteiger partial charge in [-0.3, -0.25) is 0 Å². The van der Waals surface area contributed by atoms with Gasteiger partial charge in [0.15, 0.2) is 0 Å². The van der Waals surface area contributed by atoms with E-state index in [0.29, 0.717) is 11.3 Å². The van der Waals surface area contributed by atoms with Gasteiger partial charge < -0.3 is 5.73 Å². The van der Waals surface area contributed by atoms with Crippen LogP contribution < -0.4 is 5.73 Å². The number of nitrogens with two attached hydrogens (primary N) is 1. The zero-order valence-corrected chi connectivity index (χ0v) is 13.6. The first kappa shape index (κ1) is 24.8. The predicted octanol–water partition coefficient (Wildman–Crippen LogP) is 4.34. The van der Waals surface area contributed by atoms with E-state index in [9.17, 15) is 0 Å². The molecule has 0 saturated carbocycles. The highest BCUT2D eigenvalue weighted by molar-refractivity contribution is 5.85. The summed E-state index contributed by atoms with van der Waals surface area (Å²) in [7, 11) is 0. The molecule has 0 aliphatic rings. The number of benzene rings is 1. The third kappa shape index (κ3) is 12.3. The lowest BCUT2D eigenvalue weighted by atomic mass is 9.84. The maximum Gasteiger partial charge on any atom is 0.373 e. The van der Waals surface area contributed by atoms with Gasteiger partial charge in [-0.15, -0.1) is 12.4 Å². The molecule has 0 radical (unpaired) electrons. The van der Waals surface area contributed by atoms with E-state index in [1.54, 1.807) is 0 Å². The van der Waals surface area contributed by atoms with Crippen LogP contribution in [0, 0.1) is 12.3 Å². The maximum absolute atomic E-state index is 8.12. The van der Waals surface area contributed by atoms with Gasteiger partial charge in [-0.25, -0.2) is 0 Å². The van der Waals surface area contributed by atoms with Gasteiger partial charge in [-0.05, 0) is 43.2 Å². The first-order chi connectivity index (χ1) is 8.84. The number of aryl methyl sites for hydroxylation is 1. The SMILES string of the molecule is C.Cc1ccc(C(CN)CCC(C)(C)C)cc1.Cl.O=C=O. The molecule has 1 aromatic carbocycles. The van der Waals surface area contributed by atoms with Crippen molar-refractivity contribution in [3.8, 4) is 0 Å². The number of halogens is 1. The molecule has 0 amide bonds. The first-order valence-electron chi connectivity index (χ1n) is 6.60. The molecule has 0 fully saturated rings.